The molecule has 2 N–H and O–H groups in total. The number of methoxy groups -OCH3 is 1. The average molecular weight is 330 g/mol. The fourth-order valence-corrected chi connectivity index (χ4v) is 4.17. The molecule has 1 aromatic carbocycles. The van der Waals surface area contributed by atoms with Gasteiger partial charge in [-0.2, -0.15) is 0 Å². The van der Waals surface area contributed by atoms with Crippen LogP contribution in [0.3, 0.4) is 0 Å². The monoisotopic (exact) mass is 330 g/mol. The Morgan fingerprint density at radius 3 is 2.71 bits per heavy atom. The van der Waals surface area contributed by atoms with E-state index in [0.29, 0.717) is 23.1 Å². The summed E-state index contributed by atoms with van der Waals surface area (Å²) < 4.78 is 4.89. The van der Waals surface area contributed by atoms with Crippen molar-refractivity contribution in [3.05, 3.63) is 29.3 Å². The number of anilines is 1. The number of benzene rings is 1. The van der Waals surface area contributed by atoms with Gasteiger partial charge in [0.25, 0.3) is 0 Å². The first kappa shape index (κ1) is 17.3. The van der Waals surface area contributed by atoms with E-state index in [0.717, 1.165) is 24.6 Å². The number of hydrogen-bond donors (Lipinski definition) is 2. The molecule has 4 heteroatoms. The third-order valence-corrected chi connectivity index (χ3v) is 5.47. The predicted molar refractivity (Wildman–Crippen MR) is 97.3 cm³/mol. The second-order valence-corrected chi connectivity index (χ2v) is 8.34. The van der Waals surface area contributed by atoms with Gasteiger partial charge in [-0.1, -0.05) is 26.8 Å². The Hall–Kier alpha value is -1.55. The van der Waals surface area contributed by atoms with Gasteiger partial charge in [0.05, 0.1) is 12.7 Å². The van der Waals surface area contributed by atoms with Gasteiger partial charge < -0.3 is 15.4 Å². The van der Waals surface area contributed by atoms with Gasteiger partial charge >= 0.3 is 5.97 Å². The zero-order chi connectivity index (χ0) is 17.3. The molecule has 2 aliphatic rings. The zero-order valence-corrected chi connectivity index (χ0v) is 15.3. The lowest BCUT2D eigenvalue weighted by atomic mass is 9.68. The summed E-state index contributed by atoms with van der Waals surface area (Å²) in [4.78, 5) is 11.9. The maximum absolute atomic E-state index is 11.9. The average Bonchev–Trinajstić information content (AvgIpc) is 2.52. The minimum absolute atomic E-state index is 0.275. The molecule has 1 aliphatic heterocycles. The zero-order valence-electron chi connectivity index (χ0n) is 15.3. The highest BCUT2D eigenvalue weighted by atomic mass is 16.5. The highest BCUT2D eigenvalue weighted by Gasteiger charge is 2.36. The number of esters is 1. The van der Waals surface area contributed by atoms with E-state index >= 15 is 0 Å². The van der Waals surface area contributed by atoms with Crippen LogP contribution in [-0.4, -0.2) is 25.7 Å². The van der Waals surface area contributed by atoms with Crippen LogP contribution in [-0.2, 0) is 4.74 Å². The summed E-state index contributed by atoms with van der Waals surface area (Å²) in [7, 11) is 1.43. The third-order valence-electron chi connectivity index (χ3n) is 5.47. The summed E-state index contributed by atoms with van der Waals surface area (Å²) in [5.74, 6) is 0.454. The Bertz CT molecular complexity index is 604. The van der Waals surface area contributed by atoms with E-state index < -0.39 is 0 Å². The van der Waals surface area contributed by atoms with Gasteiger partial charge in [-0.05, 0) is 61.3 Å². The maximum Gasteiger partial charge on any atom is 0.337 e. The van der Waals surface area contributed by atoms with Gasteiger partial charge in [0.1, 0.15) is 0 Å². The van der Waals surface area contributed by atoms with Crippen molar-refractivity contribution in [1.82, 2.24) is 5.32 Å². The number of rotatable bonds is 4. The molecule has 2 atom stereocenters. The predicted octanol–water partition coefficient (Wildman–Crippen LogP) is 4.13. The molecule has 0 amide bonds. The van der Waals surface area contributed by atoms with E-state index in [1.807, 2.05) is 12.1 Å². The Kier molecular flexibility index (Phi) is 4.86. The smallest absolute Gasteiger partial charge is 0.337 e. The molecule has 1 aromatic rings. The third kappa shape index (κ3) is 3.75. The van der Waals surface area contributed by atoms with Crippen LogP contribution in [0.2, 0.25) is 0 Å². The first-order chi connectivity index (χ1) is 11.4. The summed E-state index contributed by atoms with van der Waals surface area (Å²) in [6.45, 7) is 7.99. The first-order valence-corrected chi connectivity index (χ1v) is 9.10. The van der Waals surface area contributed by atoms with Crippen LogP contribution < -0.4 is 10.6 Å². The van der Waals surface area contributed by atoms with Crippen LogP contribution in [0.1, 0.15) is 68.4 Å². The summed E-state index contributed by atoms with van der Waals surface area (Å²) in [5, 5.41) is 7.32. The van der Waals surface area contributed by atoms with Gasteiger partial charge in [0, 0.05) is 17.8 Å². The molecule has 2 unspecified atom stereocenters. The van der Waals surface area contributed by atoms with Gasteiger partial charge in [0.2, 0.25) is 0 Å². The lowest BCUT2D eigenvalue weighted by molar-refractivity contribution is 0.0600. The van der Waals surface area contributed by atoms with Crippen LogP contribution in [0, 0.1) is 11.3 Å². The molecule has 132 valence electrons. The summed E-state index contributed by atoms with van der Waals surface area (Å²) in [6, 6.07) is 6.79. The van der Waals surface area contributed by atoms with Gasteiger partial charge in [0.15, 0.2) is 0 Å². The van der Waals surface area contributed by atoms with Crippen molar-refractivity contribution < 1.29 is 9.53 Å². The molecule has 4 nitrogen and oxygen atoms in total. The molecule has 2 fully saturated rings. The molecule has 0 radical (unpaired) electrons. The number of piperidine rings is 1. The number of ether oxygens (including phenoxy) is 1. The second-order valence-electron chi connectivity index (χ2n) is 8.34. The molecule has 1 heterocycles. The fourth-order valence-electron chi connectivity index (χ4n) is 4.17. The Morgan fingerprint density at radius 2 is 2.08 bits per heavy atom. The second kappa shape index (κ2) is 6.75. The summed E-state index contributed by atoms with van der Waals surface area (Å²) in [5.41, 5.74) is 3.41. The largest absolute Gasteiger partial charge is 0.465 e. The van der Waals surface area contributed by atoms with Crippen molar-refractivity contribution in [2.75, 3.05) is 19.0 Å². The highest BCUT2D eigenvalue weighted by Crippen LogP contribution is 2.42. The van der Waals surface area contributed by atoms with Crippen molar-refractivity contribution in [2.24, 2.45) is 11.3 Å². The van der Waals surface area contributed by atoms with E-state index in [1.54, 1.807) is 0 Å². The van der Waals surface area contributed by atoms with E-state index in [2.05, 4.69) is 37.5 Å². The molecule has 1 saturated carbocycles. The van der Waals surface area contributed by atoms with Crippen LogP contribution in [0.15, 0.2) is 18.2 Å². The van der Waals surface area contributed by atoms with Crippen molar-refractivity contribution in [3.63, 3.8) is 0 Å². The maximum atomic E-state index is 11.9. The van der Waals surface area contributed by atoms with Gasteiger partial charge in [-0.25, -0.2) is 4.79 Å². The van der Waals surface area contributed by atoms with E-state index in [1.165, 1.54) is 31.9 Å². The molecule has 1 saturated heterocycles. The minimum Gasteiger partial charge on any atom is -0.465 e. The molecule has 24 heavy (non-hydrogen) atoms. The lowest BCUT2D eigenvalue weighted by Gasteiger charge is -2.44. The van der Waals surface area contributed by atoms with Gasteiger partial charge in [-0.15, -0.1) is 0 Å². The summed E-state index contributed by atoms with van der Waals surface area (Å²) in [6.07, 6.45) is 4.71. The SMILES string of the molecule is COC(=O)c1ccc(C2CC(C)CCN2)c(NC2CC(C)(C)C2)c1. The van der Waals surface area contributed by atoms with Crippen molar-refractivity contribution >= 4 is 11.7 Å². The molecule has 3 rings (SSSR count). The molecular weight excluding hydrogens is 300 g/mol. The quantitative estimate of drug-likeness (QED) is 0.815. The van der Waals surface area contributed by atoms with Gasteiger partial charge in [-0.3, -0.25) is 0 Å². The van der Waals surface area contributed by atoms with Crippen LogP contribution in [0.5, 0.6) is 0 Å². The van der Waals surface area contributed by atoms with E-state index in [-0.39, 0.29) is 5.97 Å². The van der Waals surface area contributed by atoms with E-state index in [4.69, 9.17) is 4.74 Å². The number of nitrogens with one attached hydrogen (secondary N) is 2. The molecule has 1 aliphatic carbocycles. The van der Waals surface area contributed by atoms with Crippen molar-refractivity contribution in [2.45, 2.75) is 58.5 Å². The Labute approximate surface area is 145 Å². The van der Waals surface area contributed by atoms with Crippen LogP contribution >= 0.6 is 0 Å². The summed E-state index contributed by atoms with van der Waals surface area (Å²) >= 11 is 0. The molecule has 0 aromatic heterocycles. The lowest BCUT2D eigenvalue weighted by Crippen LogP contribution is -2.41. The number of hydrogen-bond acceptors (Lipinski definition) is 4. The highest BCUT2D eigenvalue weighted by molar-refractivity contribution is 5.90. The van der Waals surface area contributed by atoms with E-state index in [9.17, 15) is 4.79 Å². The number of carbonyl (C=O) groups is 1. The molecular formula is C20H30N2O2. The molecule has 0 bridgehead atoms. The minimum atomic E-state index is -0.275. The Balaban J connectivity index is 1.84. The first-order valence-electron chi connectivity index (χ1n) is 9.10. The molecule has 0 spiro atoms. The fraction of sp³-hybridized carbons (Fsp3) is 0.650. The Morgan fingerprint density at radius 1 is 1.33 bits per heavy atom. The topological polar surface area (TPSA) is 50.4 Å². The van der Waals surface area contributed by atoms with Crippen molar-refractivity contribution in [3.8, 4) is 0 Å². The van der Waals surface area contributed by atoms with Crippen molar-refractivity contribution in [1.29, 1.82) is 0 Å². The standard InChI is InChI=1S/C20H30N2O2/c1-13-7-8-21-17(9-13)16-6-5-14(19(23)24-4)10-18(16)22-15-11-20(2,3)12-15/h5-6,10,13,15,17,21-22H,7-9,11-12H2,1-4H3. The number of carbonyl (C=O) groups excluding carboxylic acids is 1. The van der Waals surface area contributed by atoms with Crippen LogP contribution in [0.4, 0.5) is 5.69 Å². The normalized spacial score (nSPS) is 26.5. The van der Waals surface area contributed by atoms with Crippen LogP contribution in [0.25, 0.3) is 0 Å².